The van der Waals surface area contributed by atoms with E-state index in [2.05, 4.69) is 31.9 Å². The molecule has 0 spiro atoms. The minimum Gasteiger partial charge on any atom is -0.506 e. The highest BCUT2D eigenvalue weighted by Crippen LogP contribution is 2.35. The molecule has 0 fully saturated rings. The molecule has 0 heterocycles. The molecule has 1 unspecified atom stereocenters. The zero-order chi connectivity index (χ0) is 10.0. The van der Waals surface area contributed by atoms with Crippen LogP contribution in [0.5, 0.6) is 5.75 Å². The van der Waals surface area contributed by atoms with Crippen LogP contribution >= 0.6 is 31.9 Å². The molecule has 4 heteroatoms. The molecule has 0 bridgehead atoms. The van der Waals surface area contributed by atoms with Crippen LogP contribution in [0.3, 0.4) is 0 Å². The Morgan fingerprint density at radius 3 is 2.69 bits per heavy atom. The van der Waals surface area contributed by atoms with Gasteiger partial charge in [0.1, 0.15) is 16.4 Å². The van der Waals surface area contributed by atoms with Crippen molar-refractivity contribution >= 4 is 37.6 Å². The van der Waals surface area contributed by atoms with Gasteiger partial charge in [-0.2, -0.15) is 0 Å². The molecule has 0 aromatic heterocycles. The Bertz CT molecular complexity index is 336. The first-order chi connectivity index (χ1) is 6.04. The number of ketones is 1. The lowest BCUT2D eigenvalue weighted by molar-refractivity contribution is -0.116. The molecule has 1 rings (SSSR count). The average molecular weight is 308 g/mol. The molecule has 13 heavy (non-hydrogen) atoms. The largest absolute Gasteiger partial charge is 0.506 e. The first kappa shape index (κ1) is 10.7. The van der Waals surface area contributed by atoms with E-state index < -0.39 is 4.83 Å². The standard InChI is InChI=1S/C9H8Br2O2/c1-5(12)8(11)6-3-2-4-7(10)9(6)13/h2-4,8,13H,1H3. The summed E-state index contributed by atoms with van der Waals surface area (Å²) >= 11 is 6.39. The second kappa shape index (κ2) is 4.24. The Morgan fingerprint density at radius 2 is 2.15 bits per heavy atom. The van der Waals surface area contributed by atoms with E-state index in [-0.39, 0.29) is 11.5 Å². The summed E-state index contributed by atoms with van der Waals surface area (Å²) in [5, 5.41) is 9.59. The molecule has 0 amide bonds. The van der Waals surface area contributed by atoms with Gasteiger partial charge >= 0.3 is 0 Å². The highest BCUT2D eigenvalue weighted by molar-refractivity contribution is 9.10. The van der Waals surface area contributed by atoms with Gasteiger partial charge in [0.2, 0.25) is 0 Å². The van der Waals surface area contributed by atoms with E-state index in [9.17, 15) is 9.90 Å². The minimum atomic E-state index is -0.440. The molecule has 0 saturated heterocycles. The molecule has 0 aliphatic heterocycles. The minimum absolute atomic E-state index is 0.0339. The Morgan fingerprint density at radius 1 is 1.54 bits per heavy atom. The molecule has 70 valence electrons. The topological polar surface area (TPSA) is 37.3 Å². The number of carbonyl (C=O) groups is 1. The lowest BCUT2D eigenvalue weighted by Crippen LogP contribution is -2.01. The fourth-order valence-electron chi connectivity index (χ4n) is 0.956. The van der Waals surface area contributed by atoms with Crippen LogP contribution in [0.4, 0.5) is 0 Å². The predicted octanol–water partition coefficient (Wildman–Crippen LogP) is 3.18. The number of halogens is 2. The van der Waals surface area contributed by atoms with Gasteiger partial charge in [-0.1, -0.05) is 28.1 Å². The number of alkyl halides is 1. The first-order valence-electron chi connectivity index (χ1n) is 3.66. The third-order valence-corrected chi connectivity index (χ3v) is 3.43. The van der Waals surface area contributed by atoms with Crippen molar-refractivity contribution in [3.8, 4) is 5.75 Å². The fraction of sp³-hybridized carbons (Fsp3) is 0.222. The molecule has 1 aromatic rings. The Balaban J connectivity index is 3.15. The van der Waals surface area contributed by atoms with Crippen molar-refractivity contribution in [3.05, 3.63) is 28.2 Å². The second-order valence-electron chi connectivity index (χ2n) is 2.65. The molecular formula is C9H8Br2O2. The molecule has 1 aromatic carbocycles. The molecule has 0 saturated carbocycles. The summed E-state index contributed by atoms with van der Waals surface area (Å²) in [5.74, 6) is 0.0768. The van der Waals surface area contributed by atoms with Gasteiger partial charge in [0.15, 0.2) is 0 Å². The molecule has 0 radical (unpaired) electrons. The number of phenolic OH excluding ortho intramolecular Hbond substituents is 1. The number of rotatable bonds is 2. The van der Waals surface area contributed by atoms with Gasteiger partial charge in [0.25, 0.3) is 0 Å². The SMILES string of the molecule is CC(=O)C(Br)c1cccc(Br)c1O. The van der Waals surface area contributed by atoms with Gasteiger partial charge in [-0.05, 0) is 28.9 Å². The smallest absolute Gasteiger partial charge is 0.147 e. The Kier molecular flexibility index (Phi) is 3.50. The summed E-state index contributed by atoms with van der Waals surface area (Å²) < 4.78 is 0.593. The van der Waals surface area contributed by atoms with Gasteiger partial charge in [0.05, 0.1) is 4.47 Å². The Labute approximate surface area is 93.2 Å². The van der Waals surface area contributed by atoms with Crippen LogP contribution in [0.25, 0.3) is 0 Å². The van der Waals surface area contributed by atoms with Crippen molar-refractivity contribution in [1.82, 2.24) is 0 Å². The van der Waals surface area contributed by atoms with E-state index in [4.69, 9.17) is 0 Å². The van der Waals surface area contributed by atoms with E-state index in [0.717, 1.165) is 0 Å². The van der Waals surface area contributed by atoms with Crippen LogP contribution in [0.2, 0.25) is 0 Å². The summed E-state index contributed by atoms with van der Waals surface area (Å²) in [6.07, 6.45) is 0. The average Bonchev–Trinajstić information content (AvgIpc) is 2.08. The van der Waals surface area contributed by atoms with Crippen molar-refractivity contribution in [2.24, 2.45) is 0 Å². The van der Waals surface area contributed by atoms with Crippen molar-refractivity contribution in [1.29, 1.82) is 0 Å². The van der Waals surface area contributed by atoms with Crippen LogP contribution in [0, 0.1) is 0 Å². The number of hydrogen-bond donors (Lipinski definition) is 1. The third-order valence-electron chi connectivity index (χ3n) is 1.65. The van der Waals surface area contributed by atoms with Crippen molar-refractivity contribution in [2.75, 3.05) is 0 Å². The zero-order valence-corrected chi connectivity index (χ0v) is 10.1. The fourth-order valence-corrected chi connectivity index (χ4v) is 1.71. The van der Waals surface area contributed by atoms with E-state index in [1.54, 1.807) is 18.2 Å². The van der Waals surface area contributed by atoms with Crippen LogP contribution < -0.4 is 0 Å². The highest BCUT2D eigenvalue weighted by Gasteiger charge is 2.17. The van der Waals surface area contributed by atoms with Gasteiger partial charge in [-0.3, -0.25) is 4.79 Å². The van der Waals surface area contributed by atoms with Crippen LogP contribution in [0.1, 0.15) is 17.3 Å². The summed E-state index contributed by atoms with van der Waals surface area (Å²) in [6, 6.07) is 5.20. The van der Waals surface area contributed by atoms with E-state index in [0.29, 0.717) is 10.0 Å². The van der Waals surface area contributed by atoms with Crippen molar-refractivity contribution in [3.63, 3.8) is 0 Å². The van der Waals surface area contributed by atoms with E-state index in [1.807, 2.05) is 0 Å². The lowest BCUT2D eigenvalue weighted by Gasteiger charge is -2.09. The number of phenols is 1. The second-order valence-corrected chi connectivity index (χ2v) is 4.42. The Hall–Kier alpha value is -0.350. The third kappa shape index (κ3) is 2.31. The van der Waals surface area contributed by atoms with Crippen LogP contribution in [-0.4, -0.2) is 10.9 Å². The summed E-state index contributed by atoms with van der Waals surface area (Å²) in [4.78, 5) is 10.6. The maximum atomic E-state index is 11.0. The highest BCUT2D eigenvalue weighted by atomic mass is 79.9. The lowest BCUT2D eigenvalue weighted by atomic mass is 10.1. The summed E-state index contributed by atoms with van der Waals surface area (Å²) in [7, 11) is 0. The van der Waals surface area contributed by atoms with Crippen molar-refractivity contribution < 1.29 is 9.90 Å². The van der Waals surface area contributed by atoms with Crippen LogP contribution in [-0.2, 0) is 4.79 Å². The van der Waals surface area contributed by atoms with E-state index >= 15 is 0 Å². The summed E-state index contributed by atoms with van der Waals surface area (Å²) in [6.45, 7) is 1.47. The molecule has 0 aliphatic rings. The number of hydrogen-bond acceptors (Lipinski definition) is 2. The van der Waals surface area contributed by atoms with Crippen LogP contribution in [0.15, 0.2) is 22.7 Å². The quantitative estimate of drug-likeness (QED) is 0.852. The van der Waals surface area contributed by atoms with Gasteiger partial charge in [-0.15, -0.1) is 0 Å². The first-order valence-corrected chi connectivity index (χ1v) is 5.36. The van der Waals surface area contributed by atoms with E-state index in [1.165, 1.54) is 6.92 Å². The number of aromatic hydroxyl groups is 1. The monoisotopic (exact) mass is 306 g/mol. The van der Waals surface area contributed by atoms with Crippen molar-refractivity contribution in [2.45, 2.75) is 11.8 Å². The molecule has 1 atom stereocenters. The maximum absolute atomic E-state index is 11.0. The van der Waals surface area contributed by atoms with Gasteiger partial charge in [0, 0.05) is 5.56 Å². The molecular weight excluding hydrogens is 300 g/mol. The molecule has 0 aliphatic carbocycles. The number of benzene rings is 1. The number of carbonyl (C=O) groups excluding carboxylic acids is 1. The predicted molar refractivity (Wildman–Crippen MR) is 58.2 cm³/mol. The number of Topliss-reactive ketones (excluding diaryl/α,β-unsaturated/α-hetero) is 1. The van der Waals surface area contributed by atoms with Gasteiger partial charge in [-0.25, -0.2) is 0 Å². The number of para-hydroxylation sites is 1. The summed E-state index contributed by atoms with van der Waals surface area (Å²) in [5.41, 5.74) is 0.585. The zero-order valence-electron chi connectivity index (χ0n) is 6.92. The normalized spacial score (nSPS) is 12.5. The molecule has 2 nitrogen and oxygen atoms in total. The maximum Gasteiger partial charge on any atom is 0.147 e. The van der Waals surface area contributed by atoms with Gasteiger partial charge < -0.3 is 5.11 Å². The molecule has 1 N–H and O–H groups in total.